The summed E-state index contributed by atoms with van der Waals surface area (Å²) >= 11 is 0. The number of halogens is 3. The van der Waals surface area contributed by atoms with Gasteiger partial charge in [0.25, 0.3) is 5.91 Å². The van der Waals surface area contributed by atoms with Crippen LogP contribution >= 0.6 is 0 Å². The fourth-order valence-electron chi connectivity index (χ4n) is 2.26. The quantitative estimate of drug-likeness (QED) is 0.784. The highest BCUT2D eigenvalue weighted by Crippen LogP contribution is 2.19. The first-order chi connectivity index (χ1) is 13.1. The Labute approximate surface area is 160 Å². The third-order valence-electron chi connectivity index (χ3n) is 3.53. The van der Waals surface area contributed by atoms with E-state index in [1.54, 1.807) is 44.4 Å². The number of carbonyl (C=O) groups is 2. The van der Waals surface area contributed by atoms with E-state index in [0.717, 1.165) is 0 Å². The first kappa shape index (κ1) is 21.1. The molecule has 0 radical (unpaired) electrons. The number of alkyl halides is 3. The molecule has 0 fully saturated rings. The van der Waals surface area contributed by atoms with E-state index in [1.807, 2.05) is 0 Å². The Bertz CT molecular complexity index is 838. The van der Waals surface area contributed by atoms with Gasteiger partial charge in [0.15, 0.2) is 6.61 Å². The first-order valence-corrected chi connectivity index (χ1v) is 8.29. The van der Waals surface area contributed by atoms with Crippen LogP contribution in [0, 0.1) is 0 Å². The topological polar surface area (TPSA) is 70.7 Å². The Kier molecular flexibility index (Phi) is 6.86. The summed E-state index contributed by atoms with van der Waals surface area (Å²) in [6.07, 6.45) is -4.42. The van der Waals surface area contributed by atoms with Crippen LogP contribution in [0.4, 0.5) is 23.7 Å². The van der Waals surface area contributed by atoms with Crippen molar-refractivity contribution in [1.82, 2.24) is 10.2 Å². The third-order valence-corrected chi connectivity index (χ3v) is 3.53. The average molecular weight is 395 g/mol. The maximum Gasteiger partial charge on any atom is 0.422 e. The molecule has 0 aliphatic carbocycles. The van der Waals surface area contributed by atoms with E-state index in [-0.39, 0.29) is 18.2 Å². The third kappa shape index (κ3) is 6.82. The normalized spacial score (nSPS) is 10.9. The molecule has 0 heterocycles. The average Bonchev–Trinajstić information content (AvgIpc) is 2.64. The van der Waals surface area contributed by atoms with Gasteiger partial charge in [-0.25, -0.2) is 4.79 Å². The predicted molar refractivity (Wildman–Crippen MR) is 98.3 cm³/mol. The van der Waals surface area contributed by atoms with Gasteiger partial charge in [-0.05, 0) is 35.9 Å². The summed E-state index contributed by atoms with van der Waals surface area (Å²) in [4.78, 5) is 25.4. The molecule has 0 bridgehead atoms. The number of anilines is 1. The van der Waals surface area contributed by atoms with Crippen molar-refractivity contribution >= 4 is 17.6 Å². The Hall–Kier alpha value is -3.23. The molecule has 2 N–H and O–H groups in total. The molecule has 150 valence electrons. The highest BCUT2D eigenvalue weighted by molar-refractivity contribution is 5.96. The minimum absolute atomic E-state index is 0.0620. The lowest BCUT2D eigenvalue weighted by Crippen LogP contribution is -2.28. The van der Waals surface area contributed by atoms with Crippen LogP contribution in [0.5, 0.6) is 5.75 Å². The van der Waals surface area contributed by atoms with Crippen molar-refractivity contribution in [1.29, 1.82) is 0 Å². The van der Waals surface area contributed by atoms with Crippen molar-refractivity contribution in [2.75, 3.05) is 26.0 Å². The Balaban J connectivity index is 1.91. The van der Waals surface area contributed by atoms with Crippen LogP contribution in [-0.2, 0) is 6.54 Å². The molecule has 0 spiro atoms. The van der Waals surface area contributed by atoms with E-state index in [9.17, 15) is 22.8 Å². The zero-order valence-electron chi connectivity index (χ0n) is 15.3. The number of nitrogens with zero attached hydrogens (tertiary/aromatic N) is 1. The van der Waals surface area contributed by atoms with Gasteiger partial charge in [0.2, 0.25) is 0 Å². The molecule has 9 heteroatoms. The minimum Gasteiger partial charge on any atom is -0.484 e. The number of carbonyl (C=O) groups excluding carboxylic acids is 2. The van der Waals surface area contributed by atoms with Crippen molar-refractivity contribution < 1.29 is 27.5 Å². The van der Waals surface area contributed by atoms with E-state index in [0.29, 0.717) is 16.8 Å². The van der Waals surface area contributed by atoms with Gasteiger partial charge >= 0.3 is 12.2 Å². The van der Waals surface area contributed by atoms with Crippen LogP contribution in [0.3, 0.4) is 0 Å². The van der Waals surface area contributed by atoms with E-state index in [4.69, 9.17) is 0 Å². The molecule has 0 aliphatic rings. The summed E-state index contributed by atoms with van der Waals surface area (Å²) in [5.41, 5.74) is 1.44. The van der Waals surface area contributed by atoms with Crippen LogP contribution in [-0.4, -0.2) is 43.7 Å². The Morgan fingerprint density at radius 1 is 1.07 bits per heavy atom. The Morgan fingerprint density at radius 2 is 1.79 bits per heavy atom. The Morgan fingerprint density at radius 3 is 2.46 bits per heavy atom. The second kappa shape index (κ2) is 9.12. The zero-order valence-corrected chi connectivity index (χ0v) is 15.3. The minimum atomic E-state index is -4.42. The lowest BCUT2D eigenvalue weighted by Gasteiger charge is -2.13. The van der Waals surface area contributed by atoms with Gasteiger partial charge in [0.1, 0.15) is 5.75 Å². The standard InChI is InChI=1S/C19H20F3N3O3/c1-25(2)17(26)14-6-4-7-15(10-14)24-18(27)23-11-13-5-3-8-16(9-13)28-12-19(20,21)22/h3-10H,11-12H2,1-2H3,(H2,23,24,27). The van der Waals surface area contributed by atoms with Crippen molar-refractivity contribution in [2.45, 2.75) is 12.7 Å². The molecule has 6 nitrogen and oxygen atoms in total. The van der Waals surface area contributed by atoms with E-state index >= 15 is 0 Å². The van der Waals surface area contributed by atoms with Crippen LogP contribution in [0.1, 0.15) is 15.9 Å². The molecule has 0 atom stereocenters. The van der Waals surface area contributed by atoms with Gasteiger partial charge < -0.3 is 20.3 Å². The fraction of sp³-hybridized carbons (Fsp3) is 0.263. The molecule has 0 aliphatic heterocycles. The van der Waals surface area contributed by atoms with E-state index in [1.165, 1.54) is 23.1 Å². The highest BCUT2D eigenvalue weighted by Gasteiger charge is 2.28. The molecular weight excluding hydrogens is 375 g/mol. The lowest BCUT2D eigenvalue weighted by atomic mass is 10.2. The molecule has 0 saturated carbocycles. The predicted octanol–water partition coefficient (Wildman–Crippen LogP) is 3.65. The number of hydrogen-bond donors (Lipinski definition) is 2. The summed E-state index contributed by atoms with van der Waals surface area (Å²) in [5.74, 6) is -0.133. The van der Waals surface area contributed by atoms with Gasteiger partial charge in [-0.1, -0.05) is 18.2 Å². The van der Waals surface area contributed by atoms with E-state index < -0.39 is 18.8 Å². The molecule has 2 aromatic rings. The van der Waals surface area contributed by atoms with Crippen LogP contribution < -0.4 is 15.4 Å². The molecule has 0 aromatic heterocycles. The largest absolute Gasteiger partial charge is 0.484 e. The number of urea groups is 1. The summed E-state index contributed by atoms with van der Waals surface area (Å²) in [5, 5.41) is 5.20. The van der Waals surface area contributed by atoms with E-state index in [2.05, 4.69) is 15.4 Å². The van der Waals surface area contributed by atoms with Crippen molar-refractivity contribution in [3.05, 3.63) is 59.7 Å². The van der Waals surface area contributed by atoms with Crippen LogP contribution in [0.2, 0.25) is 0 Å². The molecule has 2 aromatic carbocycles. The summed E-state index contributed by atoms with van der Waals surface area (Å²) in [6, 6.07) is 12.0. The molecule has 0 unspecified atom stereocenters. The van der Waals surface area contributed by atoms with Crippen molar-refractivity contribution in [3.63, 3.8) is 0 Å². The molecule has 3 amide bonds. The highest BCUT2D eigenvalue weighted by atomic mass is 19.4. The summed E-state index contributed by atoms with van der Waals surface area (Å²) in [7, 11) is 3.25. The number of amides is 3. The van der Waals surface area contributed by atoms with Gasteiger partial charge in [-0.15, -0.1) is 0 Å². The SMILES string of the molecule is CN(C)C(=O)c1cccc(NC(=O)NCc2cccc(OCC(F)(F)F)c2)c1. The number of hydrogen-bond acceptors (Lipinski definition) is 3. The van der Waals surface area contributed by atoms with Gasteiger partial charge in [0.05, 0.1) is 0 Å². The molecular formula is C19H20F3N3O3. The summed E-state index contributed by atoms with van der Waals surface area (Å²) in [6.45, 7) is -1.29. The van der Waals surface area contributed by atoms with Gasteiger partial charge in [-0.2, -0.15) is 13.2 Å². The number of benzene rings is 2. The zero-order chi connectivity index (χ0) is 20.7. The smallest absolute Gasteiger partial charge is 0.422 e. The van der Waals surface area contributed by atoms with Crippen LogP contribution in [0.25, 0.3) is 0 Å². The van der Waals surface area contributed by atoms with Crippen molar-refractivity contribution in [2.24, 2.45) is 0 Å². The fourth-order valence-corrected chi connectivity index (χ4v) is 2.26. The van der Waals surface area contributed by atoms with Crippen molar-refractivity contribution in [3.8, 4) is 5.75 Å². The molecule has 28 heavy (non-hydrogen) atoms. The maximum absolute atomic E-state index is 12.2. The monoisotopic (exact) mass is 395 g/mol. The first-order valence-electron chi connectivity index (χ1n) is 8.29. The number of rotatable bonds is 6. The number of ether oxygens (including phenoxy) is 1. The lowest BCUT2D eigenvalue weighted by molar-refractivity contribution is -0.153. The second-order valence-electron chi connectivity index (χ2n) is 6.14. The maximum atomic E-state index is 12.2. The van der Waals surface area contributed by atoms with Gasteiger partial charge in [-0.3, -0.25) is 4.79 Å². The summed E-state index contributed by atoms with van der Waals surface area (Å²) < 4.78 is 41.3. The molecule has 0 saturated heterocycles. The second-order valence-corrected chi connectivity index (χ2v) is 6.14. The van der Waals surface area contributed by atoms with Crippen LogP contribution in [0.15, 0.2) is 48.5 Å². The molecule has 2 rings (SSSR count). The van der Waals surface area contributed by atoms with Gasteiger partial charge in [0, 0.05) is 31.9 Å². The number of nitrogens with one attached hydrogen (secondary N) is 2.